The summed E-state index contributed by atoms with van der Waals surface area (Å²) in [4.78, 5) is 24.1. The van der Waals surface area contributed by atoms with E-state index < -0.39 is 34.3 Å². The summed E-state index contributed by atoms with van der Waals surface area (Å²) in [6.45, 7) is -0.602. The lowest BCUT2D eigenvalue weighted by molar-refractivity contribution is -0.119. The molecule has 32 heavy (non-hydrogen) atoms. The van der Waals surface area contributed by atoms with Gasteiger partial charge in [-0.25, -0.2) is 17.6 Å². The van der Waals surface area contributed by atoms with E-state index in [1.807, 2.05) is 0 Å². The molecular formula is C22H18ClFN2O5S. The topological polar surface area (TPSA) is 92.8 Å². The number of nitrogens with one attached hydrogen (secondary N) is 1. The minimum absolute atomic E-state index is 0.0415. The number of ether oxygens (including phenoxy) is 1. The summed E-state index contributed by atoms with van der Waals surface area (Å²) in [6, 6.07) is 16.7. The molecule has 0 spiro atoms. The first-order valence-corrected chi connectivity index (χ1v) is 11.1. The van der Waals surface area contributed by atoms with Gasteiger partial charge < -0.3 is 10.1 Å². The SMILES string of the molecule is CN(c1cccc(Cl)c1)S(=O)(=O)c1cccc(C(=O)OCC(=O)Nc2ccc(F)cc2)c1. The fourth-order valence-electron chi connectivity index (χ4n) is 2.70. The molecule has 0 heterocycles. The van der Waals surface area contributed by atoms with E-state index in [0.29, 0.717) is 16.4 Å². The molecule has 0 radical (unpaired) electrons. The highest BCUT2D eigenvalue weighted by atomic mass is 35.5. The molecule has 0 aliphatic rings. The molecule has 0 saturated heterocycles. The Labute approximate surface area is 189 Å². The van der Waals surface area contributed by atoms with Crippen LogP contribution in [0.4, 0.5) is 15.8 Å². The number of halogens is 2. The average molecular weight is 477 g/mol. The number of anilines is 2. The second-order valence-corrected chi connectivity index (χ2v) is 9.02. The second kappa shape index (κ2) is 9.80. The van der Waals surface area contributed by atoms with Crippen molar-refractivity contribution in [2.75, 3.05) is 23.3 Å². The second-order valence-electron chi connectivity index (χ2n) is 6.61. The van der Waals surface area contributed by atoms with Gasteiger partial charge in [-0.2, -0.15) is 0 Å². The van der Waals surface area contributed by atoms with E-state index in [1.165, 1.54) is 55.6 Å². The predicted molar refractivity (Wildman–Crippen MR) is 119 cm³/mol. The van der Waals surface area contributed by atoms with E-state index in [-0.39, 0.29) is 10.5 Å². The lowest BCUT2D eigenvalue weighted by Gasteiger charge is -2.20. The summed E-state index contributed by atoms with van der Waals surface area (Å²) >= 11 is 5.94. The first kappa shape index (κ1) is 23.2. The highest BCUT2D eigenvalue weighted by Gasteiger charge is 2.23. The molecule has 3 rings (SSSR count). The molecule has 0 bridgehead atoms. The van der Waals surface area contributed by atoms with Crippen molar-refractivity contribution in [1.29, 1.82) is 0 Å². The van der Waals surface area contributed by atoms with Gasteiger partial charge in [0.1, 0.15) is 5.82 Å². The number of sulfonamides is 1. The molecule has 0 aliphatic heterocycles. The van der Waals surface area contributed by atoms with Gasteiger partial charge >= 0.3 is 5.97 Å². The molecule has 0 unspecified atom stereocenters. The standard InChI is InChI=1S/C22H18ClFN2O5S/c1-26(19-6-3-5-16(23)13-19)32(29,30)20-7-2-4-15(12-20)22(28)31-14-21(27)25-18-10-8-17(24)9-11-18/h2-13H,14H2,1H3,(H,25,27). The maximum Gasteiger partial charge on any atom is 0.338 e. The van der Waals surface area contributed by atoms with Crippen LogP contribution in [0.15, 0.2) is 77.7 Å². The molecule has 0 aromatic heterocycles. The van der Waals surface area contributed by atoms with Crippen LogP contribution < -0.4 is 9.62 Å². The van der Waals surface area contributed by atoms with Gasteiger partial charge in [0.15, 0.2) is 6.61 Å². The Morgan fingerprint density at radius 3 is 2.41 bits per heavy atom. The largest absolute Gasteiger partial charge is 0.452 e. The molecule has 1 N–H and O–H groups in total. The van der Waals surface area contributed by atoms with Gasteiger partial charge in [-0.3, -0.25) is 9.10 Å². The van der Waals surface area contributed by atoms with Crippen LogP contribution in [0.1, 0.15) is 10.4 Å². The summed E-state index contributed by atoms with van der Waals surface area (Å²) in [5, 5.41) is 2.83. The van der Waals surface area contributed by atoms with E-state index in [9.17, 15) is 22.4 Å². The molecule has 0 fully saturated rings. The summed E-state index contributed by atoms with van der Waals surface area (Å²) in [5.41, 5.74) is 0.646. The fraction of sp³-hybridized carbons (Fsp3) is 0.0909. The van der Waals surface area contributed by atoms with Gasteiger partial charge in [0.2, 0.25) is 0 Å². The number of benzene rings is 3. The van der Waals surface area contributed by atoms with Gasteiger partial charge in [0, 0.05) is 17.8 Å². The van der Waals surface area contributed by atoms with Crippen molar-refractivity contribution in [1.82, 2.24) is 0 Å². The number of hydrogen-bond acceptors (Lipinski definition) is 5. The molecule has 3 aromatic carbocycles. The Kier molecular flexibility index (Phi) is 7.12. The van der Waals surface area contributed by atoms with Crippen LogP contribution in [-0.4, -0.2) is 33.9 Å². The lowest BCUT2D eigenvalue weighted by Crippen LogP contribution is -2.27. The van der Waals surface area contributed by atoms with Gasteiger partial charge in [-0.1, -0.05) is 23.7 Å². The molecule has 0 atom stereocenters. The monoisotopic (exact) mass is 476 g/mol. The quantitative estimate of drug-likeness (QED) is 0.518. The molecule has 0 aliphatic carbocycles. The Balaban J connectivity index is 1.68. The number of esters is 1. The number of carbonyl (C=O) groups excluding carboxylic acids is 2. The van der Waals surface area contributed by atoms with Crippen molar-refractivity contribution in [2.45, 2.75) is 4.90 Å². The number of hydrogen-bond donors (Lipinski definition) is 1. The summed E-state index contributed by atoms with van der Waals surface area (Å²) in [7, 11) is -2.62. The van der Waals surface area contributed by atoms with Crippen LogP contribution in [0.2, 0.25) is 5.02 Å². The molecule has 166 valence electrons. The van der Waals surface area contributed by atoms with Crippen LogP contribution in [0.25, 0.3) is 0 Å². The average Bonchev–Trinajstić information content (AvgIpc) is 2.78. The van der Waals surface area contributed by atoms with E-state index in [2.05, 4.69) is 5.32 Å². The lowest BCUT2D eigenvalue weighted by atomic mass is 10.2. The Hall–Kier alpha value is -3.43. The molecule has 1 amide bonds. The Morgan fingerprint density at radius 1 is 1.03 bits per heavy atom. The molecular weight excluding hydrogens is 459 g/mol. The normalized spacial score (nSPS) is 11.0. The summed E-state index contributed by atoms with van der Waals surface area (Å²) < 4.78 is 44.8. The van der Waals surface area contributed by atoms with Gasteiger partial charge in [-0.05, 0) is 60.7 Å². The zero-order valence-corrected chi connectivity index (χ0v) is 18.4. The third-order valence-corrected chi connectivity index (χ3v) is 6.38. The number of carbonyl (C=O) groups is 2. The number of rotatable bonds is 7. The van der Waals surface area contributed by atoms with Crippen LogP contribution in [0, 0.1) is 5.82 Å². The van der Waals surface area contributed by atoms with Crippen LogP contribution in [0.5, 0.6) is 0 Å². The zero-order valence-electron chi connectivity index (χ0n) is 16.8. The number of amides is 1. The highest BCUT2D eigenvalue weighted by Crippen LogP contribution is 2.25. The van der Waals surface area contributed by atoms with Crippen LogP contribution in [0.3, 0.4) is 0 Å². The minimum atomic E-state index is -3.98. The highest BCUT2D eigenvalue weighted by molar-refractivity contribution is 7.92. The molecule has 7 nitrogen and oxygen atoms in total. The zero-order chi connectivity index (χ0) is 23.3. The van der Waals surface area contributed by atoms with Crippen molar-refractivity contribution in [3.63, 3.8) is 0 Å². The minimum Gasteiger partial charge on any atom is -0.452 e. The van der Waals surface area contributed by atoms with Crippen molar-refractivity contribution in [3.05, 3.63) is 89.2 Å². The Morgan fingerprint density at radius 2 is 1.72 bits per heavy atom. The maximum atomic E-state index is 13.0. The molecule has 0 saturated carbocycles. The van der Waals surface area contributed by atoms with Gasteiger partial charge in [0.05, 0.1) is 16.1 Å². The van der Waals surface area contributed by atoms with Gasteiger partial charge in [-0.15, -0.1) is 0 Å². The first-order valence-electron chi connectivity index (χ1n) is 9.24. The third-order valence-electron chi connectivity index (χ3n) is 4.36. The van der Waals surface area contributed by atoms with Crippen molar-refractivity contribution in [3.8, 4) is 0 Å². The maximum absolute atomic E-state index is 13.0. The summed E-state index contributed by atoms with van der Waals surface area (Å²) in [5.74, 6) is -1.96. The van der Waals surface area contributed by atoms with Crippen LogP contribution in [-0.2, 0) is 19.6 Å². The number of nitrogens with zero attached hydrogens (tertiary/aromatic N) is 1. The molecule has 3 aromatic rings. The van der Waals surface area contributed by atoms with E-state index in [4.69, 9.17) is 16.3 Å². The Bertz CT molecular complexity index is 1250. The summed E-state index contributed by atoms with van der Waals surface area (Å²) in [6.07, 6.45) is 0. The van der Waals surface area contributed by atoms with E-state index in [1.54, 1.807) is 18.2 Å². The van der Waals surface area contributed by atoms with E-state index >= 15 is 0 Å². The molecule has 10 heteroatoms. The first-order chi connectivity index (χ1) is 15.2. The fourth-order valence-corrected chi connectivity index (χ4v) is 4.12. The van der Waals surface area contributed by atoms with Crippen molar-refractivity contribution < 1.29 is 27.1 Å². The van der Waals surface area contributed by atoms with Crippen molar-refractivity contribution in [2.24, 2.45) is 0 Å². The van der Waals surface area contributed by atoms with Crippen molar-refractivity contribution >= 4 is 44.9 Å². The third kappa shape index (κ3) is 5.63. The van der Waals surface area contributed by atoms with Gasteiger partial charge in [0.25, 0.3) is 15.9 Å². The van der Waals surface area contributed by atoms with E-state index in [0.717, 1.165) is 10.4 Å². The van der Waals surface area contributed by atoms with Crippen LogP contribution >= 0.6 is 11.6 Å². The predicted octanol–water partition coefficient (Wildman–Crippen LogP) is 4.10. The smallest absolute Gasteiger partial charge is 0.338 e.